The Labute approximate surface area is 242 Å². The van der Waals surface area contributed by atoms with Gasteiger partial charge in [-0.15, -0.1) is 0 Å². The standard InChI is InChI=1S/C32H38Cl2N2O3/c1-22(2)19-35-31(38)28(18-23-12-7-6-8-13-23)36(20-24-26(33)15-11-16-27(24)34)30(37)21-39-29-17-10-9-14-25(29)32(3,4)5/h6-17,22,28H,18-21H2,1-5H3,(H,35,38). The average molecular weight is 570 g/mol. The zero-order valence-electron chi connectivity index (χ0n) is 23.3. The van der Waals surface area contributed by atoms with Gasteiger partial charge < -0.3 is 15.0 Å². The van der Waals surface area contributed by atoms with E-state index in [1.807, 2.05) is 68.4 Å². The normalized spacial score (nSPS) is 12.2. The highest BCUT2D eigenvalue weighted by atomic mass is 35.5. The van der Waals surface area contributed by atoms with Crippen LogP contribution in [0.25, 0.3) is 0 Å². The topological polar surface area (TPSA) is 58.6 Å². The Hall–Kier alpha value is -3.02. The summed E-state index contributed by atoms with van der Waals surface area (Å²) < 4.78 is 6.09. The SMILES string of the molecule is CC(C)CNC(=O)C(Cc1ccccc1)N(Cc1c(Cl)cccc1Cl)C(=O)COc1ccccc1C(C)(C)C. The van der Waals surface area contributed by atoms with Crippen LogP contribution < -0.4 is 10.1 Å². The summed E-state index contributed by atoms with van der Waals surface area (Å²) >= 11 is 13.0. The van der Waals surface area contributed by atoms with E-state index in [4.69, 9.17) is 27.9 Å². The number of para-hydroxylation sites is 1. The fourth-order valence-electron chi connectivity index (χ4n) is 4.26. The summed E-state index contributed by atoms with van der Waals surface area (Å²) in [6.07, 6.45) is 0.331. The van der Waals surface area contributed by atoms with Crippen molar-refractivity contribution in [2.24, 2.45) is 5.92 Å². The van der Waals surface area contributed by atoms with Crippen LogP contribution >= 0.6 is 23.2 Å². The van der Waals surface area contributed by atoms with Gasteiger partial charge in [0.25, 0.3) is 5.91 Å². The van der Waals surface area contributed by atoms with Gasteiger partial charge in [-0.3, -0.25) is 9.59 Å². The number of nitrogens with one attached hydrogen (secondary N) is 1. The Bertz CT molecular complexity index is 1240. The van der Waals surface area contributed by atoms with Crippen molar-refractivity contribution in [2.45, 2.75) is 59.0 Å². The van der Waals surface area contributed by atoms with Gasteiger partial charge >= 0.3 is 0 Å². The van der Waals surface area contributed by atoms with E-state index in [9.17, 15) is 9.59 Å². The van der Waals surface area contributed by atoms with Crippen molar-refractivity contribution in [3.05, 3.63) is 99.5 Å². The number of halogens is 2. The lowest BCUT2D eigenvalue weighted by molar-refractivity contribution is -0.142. The van der Waals surface area contributed by atoms with Crippen LogP contribution in [0.3, 0.4) is 0 Å². The number of carbonyl (C=O) groups is 2. The number of nitrogens with zero attached hydrogens (tertiary/aromatic N) is 1. The molecule has 1 unspecified atom stereocenters. The molecule has 0 aromatic heterocycles. The lowest BCUT2D eigenvalue weighted by atomic mass is 9.86. The molecule has 39 heavy (non-hydrogen) atoms. The van der Waals surface area contributed by atoms with Crippen LogP contribution in [0, 0.1) is 5.92 Å². The van der Waals surface area contributed by atoms with E-state index in [2.05, 4.69) is 26.1 Å². The molecule has 0 bridgehead atoms. The zero-order chi connectivity index (χ0) is 28.6. The van der Waals surface area contributed by atoms with Gasteiger partial charge in [-0.2, -0.15) is 0 Å². The predicted octanol–water partition coefficient (Wildman–Crippen LogP) is 7.08. The molecule has 1 N–H and O–H groups in total. The molecule has 0 heterocycles. The van der Waals surface area contributed by atoms with E-state index in [1.165, 1.54) is 4.90 Å². The fourth-order valence-corrected chi connectivity index (χ4v) is 4.78. The van der Waals surface area contributed by atoms with Crippen molar-refractivity contribution < 1.29 is 14.3 Å². The van der Waals surface area contributed by atoms with Crippen molar-refractivity contribution in [1.29, 1.82) is 0 Å². The number of hydrogen-bond acceptors (Lipinski definition) is 3. The number of carbonyl (C=O) groups excluding carboxylic acids is 2. The minimum atomic E-state index is -0.799. The van der Waals surface area contributed by atoms with Crippen molar-refractivity contribution in [3.8, 4) is 5.75 Å². The van der Waals surface area contributed by atoms with Crippen molar-refractivity contribution >= 4 is 35.0 Å². The molecule has 0 aliphatic carbocycles. The fraction of sp³-hybridized carbons (Fsp3) is 0.375. The molecule has 0 spiro atoms. The molecule has 0 aliphatic heterocycles. The Morgan fingerprint density at radius 1 is 0.897 bits per heavy atom. The summed E-state index contributed by atoms with van der Waals surface area (Å²) in [4.78, 5) is 29.1. The third-order valence-electron chi connectivity index (χ3n) is 6.39. The Morgan fingerprint density at radius 3 is 2.13 bits per heavy atom. The number of benzene rings is 3. The van der Waals surface area contributed by atoms with Gasteiger partial charge in [0.2, 0.25) is 5.91 Å². The predicted molar refractivity (Wildman–Crippen MR) is 159 cm³/mol. The minimum absolute atomic E-state index is 0.0637. The highest BCUT2D eigenvalue weighted by Gasteiger charge is 2.32. The van der Waals surface area contributed by atoms with Crippen LogP contribution in [0.1, 0.15) is 51.3 Å². The summed E-state index contributed by atoms with van der Waals surface area (Å²) in [5, 5.41) is 3.88. The summed E-state index contributed by atoms with van der Waals surface area (Å²) in [5.74, 6) is 0.318. The summed E-state index contributed by atoms with van der Waals surface area (Å²) in [5.41, 5.74) is 2.34. The third kappa shape index (κ3) is 8.74. The molecule has 5 nitrogen and oxygen atoms in total. The van der Waals surface area contributed by atoms with Crippen LogP contribution in [0.4, 0.5) is 0 Å². The maximum Gasteiger partial charge on any atom is 0.261 e. The van der Waals surface area contributed by atoms with Gasteiger partial charge in [0, 0.05) is 35.1 Å². The monoisotopic (exact) mass is 568 g/mol. The van der Waals surface area contributed by atoms with Crippen molar-refractivity contribution in [3.63, 3.8) is 0 Å². The molecular weight excluding hydrogens is 531 g/mol. The first-order chi connectivity index (χ1) is 18.5. The molecule has 7 heteroatoms. The quantitative estimate of drug-likeness (QED) is 0.269. The third-order valence-corrected chi connectivity index (χ3v) is 7.10. The lowest BCUT2D eigenvalue weighted by Crippen LogP contribution is -2.52. The van der Waals surface area contributed by atoms with E-state index in [1.54, 1.807) is 18.2 Å². The molecule has 2 amide bonds. The maximum absolute atomic E-state index is 13.9. The second-order valence-electron chi connectivity index (χ2n) is 11.1. The van der Waals surface area contributed by atoms with Gasteiger partial charge in [-0.1, -0.05) is 112 Å². The minimum Gasteiger partial charge on any atom is -0.483 e. The molecule has 0 fully saturated rings. The number of ether oxygens (including phenoxy) is 1. The smallest absolute Gasteiger partial charge is 0.261 e. The molecule has 3 aromatic carbocycles. The number of rotatable bonds is 11. The van der Waals surface area contributed by atoms with Crippen LogP contribution in [-0.2, 0) is 28.0 Å². The van der Waals surface area contributed by atoms with Crippen molar-refractivity contribution in [2.75, 3.05) is 13.2 Å². The summed E-state index contributed by atoms with van der Waals surface area (Å²) in [6, 6.07) is 21.8. The molecule has 0 radical (unpaired) electrons. The van der Waals surface area contributed by atoms with Crippen LogP contribution in [-0.4, -0.2) is 35.9 Å². The van der Waals surface area contributed by atoms with E-state index >= 15 is 0 Å². The molecule has 208 valence electrons. The summed E-state index contributed by atoms with van der Waals surface area (Å²) in [6.45, 7) is 10.7. The van der Waals surface area contributed by atoms with Crippen LogP contribution in [0.2, 0.25) is 10.0 Å². The van der Waals surface area contributed by atoms with E-state index in [0.29, 0.717) is 34.3 Å². The first kappa shape index (κ1) is 30.5. The van der Waals surface area contributed by atoms with E-state index in [0.717, 1.165) is 11.1 Å². The summed E-state index contributed by atoms with van der Waals surface area (Å²) in [7, 11) is 0. The molecule has 0 saturated heterocycles. The van der Waals surface area contributed by atoms with Crippen molar-refractivity contribution in [1.82, 2.24) is 10.2 Å². The Balaban J connectivity index is 1.98. The van der Waals surface area contributed by atoms with Gasteiger partial charge in [-0.05, 0) is 40.7 Å². The molecule has 1 atom stereocenters. The molecule has 3 rings (SSSR count). The van der Waals surface area contributed by atoms with E-state index < -0.39 is 6.04 Å². The first-order valence-electron chi connectivity index (χ1n) is 13.2. The second-order valence-corrected chi connectivity index (χ2v) is 11.9. The lowest BCUT2D eigenvalue weighted by Gasteiger charge is -2.32. The van der Waals surface area contributed by atoms with E-state index in [-0.39, 0.29) is 36.3 Å². The Morgan fingerprint density at radius 2 is 1.51 bits per heavy atom. The molecule has 0 saturated carbocycles. The highest BCUT2D eigenvalue weighted by Crippen LogP contribution is 2.31. The highest BCUT2D eigenvalue weighted by molar-refractivity contribution is 6.36. The largest absolute Gasteiger partial charge is 0.483 e. The number of amides is 2. The zero-order valence-corrected chi connectivity index (χ0v) is 24.9. The van der Waals surface area contributed by atoms with Gasteiger partial charge in [0.1, 0.15) is 11.8 Å². The first-order valence-corrected chi connectivity index (χ1v) is 14.0. The number of hydrogen-bond donors (Lipinski definition) is 1. The van der Waals surface area contributed by atoms with Crippen LogP contribution in [0.5, 0.6) is 5.75 Å². The van der Waals surface area contributed by atoms with Gasteiger partial charge in [0.05, 0.1) is 0 Å². The van der Waals surface area contributed by atoms with Gasteiger partial charge in [0.15, 0.2) is 6.61 Å². The molecule has 3 aromatic rings. The maximum atomic E-state index is 13.9. The van der Waals surface area contributed by atoms with Gasteiger partial charge in [-0.25, -0.2) is 0 Å². The average Bonchev–Trinajstić information content (AvgIpc) is 2.89. The second kappa shape index (κ2) is 13.9. The molecular formula is C32H38Cl2N2O3. The Kier molecular flexibility index (Phi) is 10.8. The molecule has 0 aliphatic rings. The van der Waals surface area contributed by atoms with Crippen LogP contribution in [0.15, 0.2) is 72.8 Å².